The Morgan fingerprint density at radius 3 is 2.42 bits per heavy atom. The van der Waals surface area contributed by atoms with Gasteiger partial charge in [0.2, 0.25) is 15.8 Å². The lowest BCUT2D eigenvalue weighted by Crippen LogP contribution is -2.49. The van der Waals surface area contributed by atoms with Crippen molar-refractivity contribution >= 4 is 38.9 Å². The van der Waals surface area contributed by atoms with Crippen molar-refractivity contribution in [1.29, 1.82) is 0 Å². The predicted octanol–water partition coefficient (Wildman–Crippen LogP) is 2.96. The van der Waals surface area contributed by atoms with Crippen LogP contribution in [0.2, 0.25) is 5.02 Å². The highest BCUT2D eigenvalue weighted by Crippen LogP contribution is 2.28. The molecule has 3 rings (SSSR count). The molecule has 8 nitrogen and oxygen atoms in total. The van der Waals surface area contributed by atoms with Gasteiger partial charge in [-0.25, -0.2) is 8.42 Å². The summed E-state index contributed by atoms with van der Waals surface area (Å²) in [6, 6.07) is 6.85. The Kier molecular flexibility index (Phi) is 7.20. The fraction of sp³-hybridized carbons (Fsp3) is 0.500. The number of nitrogens with zero attached hydrogens (tertiary/aromatic N) is 4. The van der Waals surface area contributed by atoms with Gasteiger partial charge in [0.1, 0.15) is 10.9 Å². The summed E-state index contributed by atoms with van der Waals surface area (Å²) in [6.45, 7) is 7.69. The van der Waals surface area contributed by atoms with Crippen LogP contribution in [0.5, 0.6) is 5.75 Å². The number of aromatic nitrogens is 2. The molecule has 0 unspecified atom stereocenters. The number of anilines is 1. The summed E-state index contributed by atoms with van der Waals surface area (Å²) in [5, 5.41) is 4.36. The van der Waals surface area contributed by atoms with Crippen molar-refractivity contribution < 1.29 is 13.2 Å². The van der Waals surface area contributed by atoms with E-state index in [1.54, 1.807) is 30.5 Å². The van der Waals surface area contributed by atoms with Crippen molar-refractivity contribution in [2.24, 2.45) is 5.41 Å². The average Bonchev–Trinajstić information content (AvgIpc) is 2.72. The number of benzene rings is 1. The van der Waals surface area contributed by atoms with E-state index in [9.17, 15) is 13.2 Å². The fourth-order valence-electron chi connectivity index (χ4n) is 3.15. The highest BCUT2D eigenvalue weighted by molar-refractivity contribution is 7.90. The molecule has 0 radical (unpaired) electrons. The highest BCUT2D eigenvalue weighted by Gasteiger charge is 2.29. The molecule has 0 amide bonds. The SMILES string of the molecule is CC(C)(C)COc1c(N2CCN(S(=O)(=O)CCl)CC2)cnn(-c2cccc(Cl)c2)c1=O. The van der Waals surface area contributed by atoms with E-state index in [4.69, 9.17) is 27.9 Å². The Morgan fingerprint density at radius 2 is 1.84 bits per heavy atom. The zero-order valence-electron chi connectivity index (χ0n) is 17.7. The van der Waals surface area contributed by atoms with E-state index in [-0.39, 0.29) is 24.3 Å². The standard InChI is InChI=1S/C20H26Cl2N4O4S/c1-20(2,3)13-30-18-17(24-7-9-25(10-8-24)31(28,29)14-21)12-23-26(19(18)27)16-6-4-5-15(22)11-16/h4-6,11-12H,7-10,13-14H2,1-3H3. The summed E-state index contributed by atoms with van der Waals surface area (Å²) in [4.78, 5) is 15.2. The smallest absolute Gasteiger partial charge is 0.316 e. The van der Waals surface area contributed by atoms with Crippen LogP contribution in [0.3, 0.4) is 0 Å². The van der Waals surface area contributed by atoms with Crippen molar-refractivity contribution in [3.05, 3.63) is 45.8 Å². The molecule has 1 aliphatic heterocycles. The second-order valence-electron chi connectivity index (χ2n) is 8.51. The van der Waals surface area contributed by atoms with E-state index in [0.29, 0.717) is 36.1 Å². The number of sulfonamides is 1. The van der Waals surface area contributed by atoms with Crippen molar-refractivity contribution in [2.45, 2.75) is 20.8 Å². The Hall–Kier alpha value is -1.81. The Morgan fingerprint density at radius 1 is 1.16 bits per heavy atom. The van der Waals surface area contributed by atoms with Gasteiger partial charge >= 0.3 is 5.56 Å². The van der Waals surface area contributed by atoms with Crippen LogP contribution >= 0.6 is 23.2 Å². The molecule has 0 aliphatic carbocycles. The third-order valence-corrected chi connectivity index (χ3v) is 7.22. The number of hydrogen-bond donors (Lipinski definition) is 0. The molecule has 0 saturated carbocycles. The van der Waals surface area contributed by atoms with Gasteiger partial charge < -0.3 is 9.64 Å². The first-order valence-corrected chi connectivity index (χ1v) is 12.3. The van der Waals surface area contributed by atoms with Crippen LogP contribution in [0.4, 0.5) is 5.69 Å². The first kappa shape index (κ1) is 23.8. The number of piperazine rings is 1. The maximum atomic E-state index is 13.3. The number of alkyl halides is 1. The zero-order valence-corrected chi connectivity index (χ0v) is 20.0. The van der Waals surface area contributed by atoms with Gasteiger partial charge in [0.05, 0.1) is 18.5 Å². The van der Waals surface area contributed by atoms with E-state index in [2.05, 4.69) is 5.10 Å². The van der Waals surface area contributed by atoms with Gasteiger partial charge in [-0.15, -0.1) is 11.6 Å². The third-order valence-electron chi connectivity index (χ3n) is 4.73. The number of halogens is 2. The minimum Gasteiger partial charge on any atom is -0.486 e. The predicted molar refractivity (Wildman–Crippen MR) is 123 cm³/mol. The van der Waals surface area contributed by atoms with Crippen molar-refractivity contribution in [2.75, 3.05) is 42.9 Å². The molecule has 11 heteroatoms. The molecule has 1 saturated heterocycles. The summed E-state index contributed by atoms with van der Waals surface area (Å²) in [7, 11) is -3.47. The lowest BCUT2D eigenvalue weighted by atomic mass is 9.99. The van der Waals surface area contributed by atoms with Crippen LogP contribution in [-0.2, 0) is 10.0 Å². The van der Waals surface area contributed by atoms with Crippen molar-refractivity contribution in [3.63, 3.8) is 0 Å². The molecule has 0 atom stereocenters. The molecular formula is C20H26Cl2N4O4S. The molecule has 1 aromatic carbocycles. The average molecular weight is 489 g/mol. The Balaban J connectivity index is 1.96. The van der Waals surface area contributed by atoms with E-state index in [1.165, 1.54) is 8.99 Å². The van der Waals surface area contributed by atoms with Crippen LogP contribution in [0.1, 0.15) is 20.8 Å². The van der Waals surface area contributed by atoms with E-state index < -0.39 is 20.8 Å². The molecule has 1 aromatic heterocycles. The molecule has 0 spiro atoms. The number of hydrogen-bond acceptors (Lipinski definition) is 6. The van der Waals surface area contributed by atoms with Gasteiger partial charge in [-0.1, -0.05) is 38.4 Å². The largest absolute Gasteiger partial charge is 0.486 e. The minimum absolute atomic E-state index is 0.166. The van der Waals surface area contributed by atoms with Crippen LogP contribution < -0.4 is 15.2 Å². The first-order valence-electron chi connectivity index (χ1n) is 9.82. The van der Waals surface area contributed by atoms with Crippen LogP contribution in [-0.4, -0.2) is 60.5 Å². The van der Waals surface area contributed by atoms with Crippen LogP contribution in [0.25, 0.3) is 5.69 Å². The maximum absolute atomic E-state index is 13.3. The molecular weight excluding hydrogens is 463 g/mol. The summed E-state index contributed by atoms with van der Waals surface area (Å²) >= 11 is 11.6. The summed E-state index contributed by atoms with van der Waals surface area (Å²) < 4.78 is 32.7. The van der Waals surface area contributed by atoms with Crippen LogP contribution in [0, 0.1) is 5.41 Å². The van der Waals surface area contributed by atoms with Gasteiger partial charge in [0, 0.05) is 31.2 Å². The zero-order chi connectivity index (χ0) is 22.8. The molecule has 1 aliphatic rings. The molecule has 1 fully saturated rings. The van der Waals surface area contributed by atoms with Gasteiger partial charge in [-0.3, -0.25) is 4.79 Å². The fourth-order valence-corrected chi connectivity index (χ4v) is 4.60. The molecule has 2 heterocycles. The maximum Gasteiger partial charge on any atom is 0.316 e. The summed E-state index contributed by atoms with van der Waals surface area (Å²) in [5.41, 5.74) is 0.499. The Bertz CT molecular complexity index is 1090. The van der Waals surface area contributed by atoms with Gasteiger partial charge in [0.25, 0.3) is 0 Å². The third kappa shape index (κ3) is 5.71. The normalized spacial score (nSPS) is 15.8. The highest BCUT2D eigenvalue weighted by atomic mass is 35.5. The Labute approximate surface area is 192 Å². The van der Waals surface area contributed by atoms with Crippen molar-refractivity contribution in [1.82, 2.24) is 14.1 Å². The quantitative estimate of drug-likeness (QED) is 0.581. The topological polar surface area (TPSA) is 84.7 Å². The van der Waals surface area contributed by atoms with Gasteiger partial charge in [-0.05, 0) is 23.6 Å². The lowest BCUT2D eigenvalue weighted by molar-refractivity contribution is 0.195. The van der Waals surface area contributed by atoms with Crippen molar-refractivity contribution in [3.8, 4) is 11.4 Å². The molecule has 170 valence electrons. The molecule has 0 bridgehead atoms. The first-order chi connectivity index (χ1) is 14.5. The van der Waals surface area contributed by atoms with Gasteiger partial charge in [0.15, 0.2) is 0 Å². The molecule has 0 N–H and O–H groups in total. The lowest BCUT2D eigenvalue weighted by Gasteiger charge is -2.35. The second-order valence-corrected chi connectivity index (χ2v) is 11.5. The van der Waals surface area contributed by atoms with E-state index >= 15 is 0 Å². The second kappa shape index (κ2) is 9.36. The number of ether oxygens (including phenoxy) is 1. The van der Waals surface area contributed by atoms with Gasteiger partial charge in [-0.2, -0.15) is 14.1 Å². The van der Waals surface area contributed by atoms with E-state index in [0.717, 1.165) is 0 Å². The number of rotatable bonds is 6. The molecule has 31 heavy (non-hydrogen) atoms. The summed E-state index contributed by atoms with van der Waals surface area (Å²) in [5.74, 6) is 0.179. The summed E-state index contributed by atoms with van der Waals surface area (Å²) in [6.07, 6.45) is 1.58. The monoisotopic (exact) mass is 488 g/mol. The van der Waals surface area contributed by atoms with E-state index in [1.807, 2.05) is 25.7 Å². The van der Waals surface area contributed by atoms with Crippen LogP contribution in [0.15, 0.2) is 35.3 Å². The minimum atomic E-state index is -3.47. The molecule has 2 aromatic rings.